The van der Waals surface area contributed by atoms with E-state index < -0.39 is 4.92 Å². The number of benzene rings is 3. The first-order chi connectivity index (χ1) is 15.4. The maximum Gasteiger partial charge on any atom is 0.269 e. The summed E-state index contributed by atoms with van der Waals surface area (Å²) in [6.07, 6.45) is 1.69. The van der Waals surface area contributed by atoms with Gasteiger partial charge in [-0.2, -0.15) is 5.10 Å². The number of hydrogen-bond donors (Lipinski definition) is 1. The molecule has 1 N–H and O–H groups in total. The Bertz CT molecular complexity index is 1300. The van der Waals surface area contributed by atoms with E-state index in [0.717, 1.165) is 32.8 Å². The number of non-ortho nitro benzene ring substituents is 1. The summed E-state index contributed by atoms with van der Waals surface area (Å²) in [5, 5.41) is 16.6. The molecule has 8 heteroatoms. The lowest BCUT2D eigenvalue weighted by atomic mass is 10.0. The van der Waals surface area contributed by atoms with Gasteiger partial charge < -0.3 is 0 Å². The van der Waals surface area contributed by atoms with Gasteiger partial charge in [0.1, 0.15) is 0 Å². The molecular formula is C24H19ClN4O2S. The monoisotopic (exact) mass is 462 g/mol. The van der Waals surface area contributed by atoms with Crippen molar-refractivity contribution in [1.29, 1.82) is 0 Å². The normalized spacial score (nSPS) is 11.1. The summed E-state index contributed by atoms with van der Waals surface area (Å²) >= 11 is 7.37. The minimum atomic E-state index is -0.403. The lowest BCUT2D eigenvalue weighted by molar-refractivity contribution is -0.384. The zero-order valence-electron chi connectivity index (χ0n) is 17.4. The molecule has 160 valence electrons. The molecule has 4 aromatic rings. The summed E-state index contributed by atoms with van der Waals surface area (Å²) in [6, 6.07) is 20.1. The summed E-state index contributed by atoms with van der Waals surface area (Å²) in [5.74, 6) is 0. The summed E-state index contributed by atoms with van der Waals surface area (Å²) in [4.78, 5) is 16.3. The molecule has 0 unspecified atom stereocenters. The molecule has 3 aromatic carbocycles. The van der Waals surface area contributed by atoms with Crippen molar-refractivity contribution in [2.45, 2.75) is 13.8 Å². The van der Waals surface area contributed by atoms with Gasteiger partial charge in [0.15, 0.2) is 0 Å². The van der Waals surface area contributed by atoms with Crippen molar-refractivity contribution in [3.63, 3.8) is 0 Å². The molecule has 1 aromatic heterocycles. The number of halogens is 1. The molecule has 32 heavy (non-hydrogen) atoms. The van der Waals surface area contributed by atoms with E-state index >= 15 is 0 Å². The zero-order chi connectivity index (χ0) is 22.7. The van der Waals surface area contributed by atoms with Gasteiger partial charge in [-0.1, -0.05) is 58.8 Å². The molecule has 0 spiro atoms. The fourth-order valence-corrected chi connectivity index (χ4v) is 4.33. The Hall–Kier alpha value is -3.55. The Morgan fingerprint density at radius 1 is 1.06 bits per heavy atom. The van der Waals surface area contributed by atoms with Gasteiger partial charge in [0.25, 0.3) is 5.69 Å². The first kappa shape index (κ1) is 21.7. The van der Waals surface area contributed by atoms with Crippen molar-refractivity contribution in [3.8, 4) is 21.7 Å². The fourth-order valence-electron chi connectivity index (χ4n) is 3.27. The molecule has 0 saturated carbocycles. The SMILES string of the molecule is Cc1ccc(-c2nc(N/N=C\c3ccc(Cl)cc3)sc2-c2ccc([N+](=O)[O-])cc2)c(C)c1. The van der Waals surface area contributed by atoms with Gasteiger partial charge in [-0.25, -0.2) is 4.98 Å². The number of nitrogens with zero attached hydrogens (tertiary/aromatic N) is 3. The Kier molecular flexibility index (Phi) is 6.30. The average molecular weight is 463 g/mol. The minimum absolute atomic E-state index is 0.0530. The van der Waals surface area contributed by atoms with E-state index in [0.29, 0.717) is 10.2 Å². The molecule has 0 aliphatic carbocycles. The van der Waals surface area contributed by atoms with Crippen LogP contribution in [-0.2, 0) is 0 Å². The number of thiazole rings is 1. The smallest absolute Gasteiger partial charge is 0.258 e. The van der Waals surface area contributed by atoms with E-state index in [1.54, 1.807) is 30.5 Å². The number of aromatic nitrogens is 1. The molecule has 6 nitrogen and oxygen atoms in total. The summed E-state index contributed by atoms with van der Waals surface area (Å²) in [5.41, 5.74) is 8.92. The van der Waals surface area contributed by atoms with Crippen LogP contribution in [0.25, 0.3) is 21.7 Å². The van der Waals surface area contributed by atoms with E-state index in [1.807, 2.05) is 32.0 Å². The zero-order valence-corrected chi connectivity index (χ0v) is 18.9. The maximum absolute atomic E-state index is 11.0. The Morgan fingerprint density at radius 2 is 1.78 bits per heavy atom. The molecule has 0 saturated heterocycles. The van der Waals surface area contributed by atoms with Crippen LogP contribution in [0, 0.1) is 24.0 Å². The van der Waals surface area contributed by atoms with Gasteiger partial charge >= 0.3 is 0 Å². The third-order valence-electron chi connectivity index (χ3n) is 4.85. The van der Waals surface area contributed by atoms with Crippen molar-refractivity contribution in [2.24, 2.45) is 5.10 Å². The van der Waals surface area contributed by atoms with E-state index in [2.05, 4.69) is 22.7 Å². The molecule has 0 atom stereocenters. The van der Waals surface area contributed by atoms with Crippen molar-refractivity contribution >= 4 is 40.0 Å². The largest absolute Gasteiger partial charge is 0.269 e. The molecule has 1 heterocycles. The predicted octanol–water partition coefficient (Wildman–Crippen LogP) is 7.10. The van der Waals surface area contributed by atoms with Crippen LogP contribution in [-0.4, -0.2) is 16.1 Å². The lowest BCUT2D eigenvalue weighted by Gasteiger charge is -2.07. The third kappa shape index (κ3) is 4.85. The maximum atomic E-state index is 11.0. The van der Waals surface area contributed by atoms with Crippen molar-refractivity contribution in [2.75, 3.05) is 5.43 Å². The van der Waals surface area contributed by atoms with E-state index in [9.17, 15) is 10.1 Å². The second kappa shape index (κ2) is 9.30. The molecule has 0 fully saturated rings. The van der Waals surface area contributed by atoms with Crippen LogP contribution >= 0.6 is 22.9 Å². The van der Waals surface area contributed by atoms with Crippen LogP contribution in [0.3, 0.4) is 0 Å². The van der Waals surface area contributed by atoms with Gasteiger partial charge in [0.05, 0.1) is 21.7 Å². The van der Waals surface area contributed by atoms with Crippen LogP contribution in [0.5, 0.6) is 0 Å². The summed E-state index contributed by atoms with van der Waals surface area (Å²) < 4.78 is 0. The highest BCUT2D eigenvalue weighted by Crippen LogP contribution is 2.40. The highest BCUT2D eigenvalue weighted by molar-refractivity contribution is 7.19. The van der Waals surface area contributed by atoms with Gasteiger partial charge in [-0.15, -0.1) is 0 Å². The number of nitrogens with one attached hydrogen (secondary N) is 1. The van der Waals surface area contributed by atoms with Gasteiger partial charge in [-0.3, -0.25) is 15.5 Å². The number of anilines is 1. The fraction of sp³-hybridized carbons (Fsp3) is 0.0833. The Labute approximate surface area is 194 Å². The number of nitro benzene ring substituents is 1. The quantitative estimate of drug-likeness (QED) is 0.188. The molecule has 0 amide bonds. The second-order valence-corrected chi connectivity index (χ2v) is 8.68. The topological polar surface area (TPSA) is 80.4 Å². The third-order valence-corrected chi connectivity index (χ3v) is 6.11. The minimum Gasteiger partial charge on any atom is -0.258 e. The number of hydrazone groups is 1. The Morgan fingerprint density at radius 3 is 2.44 bits per heavy atom. The molecule has 0 bridgehead atoms. The number of aryl methyl sites for hydroxylation is 2. The molecule has 0 radical (unpaired) electrons. The number of rotatable bonds is 6. The van der Waals surface area contributed by atoms with Gasteiger partial charge in [0.2, 0.25) is 5.13 Å². The van der Waals surface area contributed by atoms with Crippen LogP contribution in [0.15, 0.2) is 71.8 Å². The van der Waals surface area contributed by atoms with Gasteiger partial charge in [-0.05, 0) is 54.8 Å². The highest BCUT2D eigenvalue weighted by atomic mass is 35.5. The first-order valence-corrected chi connectivity index (χ1v) is 11.0. The second-order valence-electron chi connectivity index (χ2n) is 7.24. The molecular weight excluding hydrogens is 444 g/mol. The average Bonchev–Trinajstić information content (AvgIpc) is 3.19. The predicted molar refractivity (Wildman–Crippen MR) is 132 cm³/mol. The van der Waals surface area contributed by atoms with E-state index in [1.165, 1.54) is 29.0 Å². The van der Waals surface area contributed by atoms with Crippen LogP contribution in [0.1, 0.15) is 16.7 Å². The van der Waals surface area contributed by atoms with E-state index in [-0.39, 0.29) is 5.69 Å². The van der Waals surface area contributed by atoms with Crippen LogP contribution in [0.2, 0.25) is 5.02 Å². The van der Waals surface area contributed by atoms with E-state index in [4.69, 9.17) is 16.6 Å². The Balaban J connectivity index is 1.70. The lowest BCUT2D eigenvalue weighted by Crippen LogP contribution is -1.91. The molecule has 4 rings (SSSR count). The molecule has 0 aliphatic rings. The first-order valence-electron chi connectivity index (χ1n) is 9.78. The van der Waals surface area contributed by atoms with Gasteiger partial charge in [0, 0.05) is 22.7 Å². The highest BCUT2D eigenvalue weighted by Gasteiger charge is 2.17. The number of nitro groups is 1. The summed E-state index contributed by atoms with van der Waals surface area (Å²) in [6.45, 7) is 4.10. The molecule has 0 aliphatic heterocycles. The van der Waals surface area contributed by atoms with Crippen molar-refractivity contribution in [1.82, 2.24) is 4.98 Å². The van der Waals surface area contributed by atoms with Crippen molar-refractivity contribution < 1.29 is 4.92 Å². The van der Waals surface area contributed by atoms with Crippen molar-refractivity contribution in [3.05, 3.63) is 98.6 Å². The standard InChI is InChI=1S/C24H19ClN4O2S/c1-15-3-12-21(16(2)13-15)22-23(18-6-10-20(11-7-18)29(30)31)32-24(27-22)28-26-14-17-4-8-19(25)9-5-17/h3-14H,1-2H3,(H,27,28)/b26-14-. The number of hydrogen-bond acceptors (Lipinski definition) is 6. The van der Waals surface area contributed by atoms with Crippen LogP contribution in [0.4, 0.5) is 10.8 Å². The summed E-state index contributed by atoms with van der Waals surface area (Å²) in [7, 11) is 0. The van der Waals surface area contributed by atoms with Crippen LogP contribution < -0.4 is 5.43 Å².